The maximum atomic E-state index is 10.9. The van der Waals surface area contributed by atoms with Crippen molar-refractivity contribution in [1.29, 1.82) is 0 Å². The van der Waals surface area contributed by atoms with Crippen molar-refractivity contribution in [1.82, 2.24) is 14.7 Å². The highest BCUT2D eigenvalue weighted by Gasteiger charge is 2.28. The summed E-state index contributed by atoms with van der Waals surface area (Å²) in [7, 11) is 0. The van der Waals surface area contributed by atoms with Gasteiger partial charge in [-0.15, -0.1) is 0 Å². The second-order valence-corrected chi connectivity index (χ2v) is 5.40. The number of hydrogen-bond acceptors (Lipinski definition) is 6. The molecule has 0 radical (unpaired) electrons. The van der Waals surface area contributed by atoms with E-state index in [0.29, 0.717) is 11.8 Å². The van der Waals surface area contributed by atoms with Crippen molar-refractivity contribution in [2.75, 3.05) is 5.75 Å². The summed E-state index contributed by atoms with van der Waals surface area (Å²) < 4.78 is 4.68. The van der Waals surface area contributed by atoms with Crippen LogP contribution in [0.1, 0.15) is 12.8 Å². The van der Waals surface area contributed by atoms with Gasteiger partial charge in [0.1, 0.15) is 12.4 Å². The first-order valence-corrected chi connectivity index (χ1v) is 6.40. The largest absolute Gasteiger partial charge is 0.480 e. The van der Waals surface area contributed by atoms with Crippen molar-refractivity contribution in [3.8, 4) is 0 Å². The Bertz CT molecular complexity index is 327. The normalized spacial score (nSPS) is 17.6. The highest BCUT2D eigenvalue weighted by atomic mass is 32.2. The minimum atomic E-state index is -0.793. The molecule has 2 N–H and O–H groups in total. The topological polar surface area (TPSA) is 75.1 Å². The molecule has 82 valence electrons. The summed E-state index contributed by atoms with van der Waals surface area (Å²) in [6.07, 6.45) is 3.66. The summed E-state index contributed by atoms with van der Waals surface area (Å²) in [5, 5.41) is 12.1. The summed E-state index contributed by atoms with van der Waals surface area (Å²) in [4.78, 5) is 14.9. The summed E-state index contributed by atoms with van der Waals surface area (Å²) >= 11 is 2.73. The van der Waals surface area contributed by atoms with Gasteiger partial charge >= 0.3 is 5.97 Å². The average Bonchev–Trinajstić information content (AvgIpc) is 2.87. The summed E-state index contributed by atoms with van der Waals surface area (Å²) in [5.74, 6) is -0.292. The first-order valence-electron chi connectivity index (χ1n) is 4.64. The van der Waals surface area contributed by atoms with Crippen LogP contribution in [0.4, 0.5) is 0 Å². The number of carbonyl (C=O) groups is 1. The van der Waals surface area contributed by atoms with Crippen LogP contribution in [0.15, 0.2) is 10.7 Å². The standard InChI is InChI=1S/C8H11N3O2S2/c12-7(13)6(11-5-1-2-5)3-14-8-9-4-10-15-8/h4-6,11H,1-3H2,(H,12,13). The molecule has 0 aromatic carbocycles. The Labute approximate surface area is 95.5 Å². The zero-order valence-corrected chi connectivity index (χ0v) is 9.55. The van der Waals surface area contributed by atoms with Crippen LogP contribution in [-0.2, 0) is 4.79 Å². The molecule has 1 saturated carbocycles. The lowest BCUT2D eigenvalue weighted by Gasteiger charge is -2.11. The lowest BCUT2D eigenvalue weighted by Crippen LogP contribution is -2.40. The van der Waals surface area contributed by atoms with Crippen molar-refractivity contribution in [2.45, 2.75) is 29.3 Å². The molecule has 1 aromatic heterocycles. The van der Waals surface area contributed by atoms with Crippen molar-refractivity contribution < 1.29 is 9.90 Å². The van der Waals surface area contributed by atoms with E-state index in [9.17, 15) is 4.79 Å². The molecule has 15 heavy (non-hydrogen) atoms. The predicted molar refractivity (Wildman–Crippen MR) is 58.2 cm³/mol. The van der Waals surface area contributed by atoms with E-state index in [1.165, 1.54) is 29.6 Å². The SMILES string of the molecule is O=C(O)C(CSc1ncns1)NC1CC1. The number of nitrogens with zero attached hydrogens (tertiary/aromatic N) is 2. The minimum Gasteiger partial charge on any atom is -0.480 e. The molecule has 1 atom stereocenters. The molecule has 1 fully saturated rings. The molecular formula is C8H11N3O2S2. The maximum absolute atomic E-state index is 10.9. The van der Waals surface area contributed by atoms with Gasteiger partial charge in [-0.2, -0.15) is 4.37 Å². The molecule has 0 saturated heterocycles. The van der Waals surface area contributed by atoms with E-state index in [-0.39, 0.29) is 0 Å². The van der Waals surface area contributed by atoms with Crippen LogP contribution in [-0.4, -0.2) is 38.3 Å². The van der Waals surface area contributed by atoms with E-state index >= 15 is 0 Å². The first kappa shape index (κ1) is 10.8. The molecule has 7 heteroatoms. The molecule has 1 unspecified atom stereocenters. The van der Waals surface area contributed by atoms with Gasteiger partial charge in [-0.1, -0.05) is 11.8 Å². The number of thioether (sulfide) groups is 1. The van der Waals surface area contributed by atoms with Crippen molar-refractivity contribution >= 4 is 29.3 Å². The van der Waals surface area contributed by atoms with Gasteiger partial charge < -0.3 is 10.4 Å². The second-order valence-electron chi connectivity index (χ2n) is 3.35. The Morgan fingerprint density at radius 2 is 2.60 bits per heavy atom. The van der Waals surface area contributed by atoms with Gasteiger partial charge in [-0.25, -0.2) is 4.98 Å². The number of aliphatic carboxylic acids is 1. The Morgan fingerprint density at radius 1 is 1.80 bits per heavy atom. The number of carboxylic acids is 1. The fourth-order valence-electron chi connectivity index (χ4n) is 1.11. The lowest BCUT2D eigenvalue weighted by molar-refractivity contribution is -0.138. The van der Waals surface area contributed by atoms with Gasteiger partial charge in [0.2, 0.25) is 0 Å². The maximum Gasteiger partial charge on any atom is 0.321 e. The van der Waals surface area contributed by atoms with E-state index in [1.807, 2.05) is 0 Å². The molecular weight excluding hydrogens is 234 g/mol. The van der Waals surface area contributed by atoms with Gasteiger partial charge in [-0.05, 0) is 24.4 Å². The van der Waals surface area contributed by atoms with E-state index in [2.05, 4.69) is 14.7 Å². The fourth-order valence-corrected chi connectivity index (χ4v) is 2.60. The molecule has 0 aliphatic heterocycles. The molecule has 0 amide bonds. The number of hydrogen-bond donors (Lipinski definition) is 2. The van der Waals surface area contributed by atoms with Crippen LogP contribution in [0, 0.1) is 0 Å². The van der Waals surface area contributed by atoms with Gasteiger partial charge in [0, 0.05) is 11.8 Å². The monoisotopic (exact) mass is 245 g/mol. The molecule has 0 spiro atoms. The Morgan fingerprint density at radius 3 is 3.13 bits per heavy atom. The van der Waals surface area contributed by atoms with Gasteiger partial charge in [0.25, 0.3) is 0 Å². The number of nitrogens with one attached hydrogen (secondary N) is 1. The molecule has 2 rings (SSSR count). The summed E-state index contributed by atoms with van der Waals surface area (Å²) in [5.41, 5.74) is 0. The fraction of sp³-hybridized carbons (Fsp3) is 0.625. The van der Waals surface area contributed by atoms with E-state index in [4.69, 9.17) is 5.11 Å². The van der Waals surface area contributed by atoms with Crippen LogP contribution >= 0.6 is 23.3 Å². The molecule has 1 aromatic rings. The zero-order chi connectivity index (χ0) is 10.7. The van der Waals surface area contributed by atoms with Crippen LogP contribution in [0.3, 0.4) is 0 Å². The molecule has 1 aliphatic carbocycles. The third-order valence-corrected chi connectivity index (χ3v) is 3.92. The van der Waals surface area contributed by atoms with Crippen molar-refractivity contribution in [3.63, 3.8) is 0 Å². The molecule has 5 nitrogen and oxygen atoms in total. The van der Waals surface area contributed by atoms with E-state index in [1.54, 1.807) is 0 Å². The minimum absolute atomic E-state index is 0.404. The number of aromatic nitrogens is 2. The third kappa shape index (κ3) is 3.44. The lowest BCUT2D eigenvalue weighted by atomic mass is 10.3. The highest BCUT2D eigenvalue weighted by molar-refractivity contribution is 8.01. The average molecular weight is 245 g/mol. The number of carboxylic acid groups (broad SMARTS) is 1. The quantitative estimate of drug-likeness (QED) is 0.723. The third-order valence-electron chi connectivity index (χ3n) is 2.03. The van der Waals surface area contributed by atoms with Crippen LogP contribution in [0.25, 0.3) is 0 Å². The molecule has 1 heterocycles. The van der Waals surface area contributed by atoms with Gasteiger partial charge in [-0.3, -0.25) is 4.79 Å². The summed E-state index contributed by atoms with van der Waals surface area (Å²) in [6, 6.07) is -0.0764. The number of rotatable bonds is 6. The Hall–Kier alpha value is -0.660. The highest BCUT2D eigenvalue weighted by Crippen LogP contribution is 2.23. The first-order chi connectivity index (χ1) is 7.25. The van der Waals surface area contributed by atoms with E-state index in [0.717, 1.165) is 17.2 Å². The predicted octanol–water partition coefficient (Wildman–Crippen LogP) is 0.835. The van der Waals surface area contributed by atoms with Crippen LogP contribution in [0.2, 0.25) is 0 Å². The second kappa shape index (κ2) is 4.91. The Balaban J connectivity index is 1.80. The van der Waals surface area contributed by atoms with Gasteiger partial charge in [0.15, 0.2) is 4.34 Å². The van der Waals surface area contributed by atoms with E-state index < -0.39 is 12.0 Å². The molecule has 0 bridgehead atoms. The Kier molecular flexibility index (Phi) is 3.55. The van der Waals surface area contributed by atoms with Gasteiger partial charge in [0.05, 0.1) is 0 Å². The zero-order valence-electron chi connectivity index (χ0n) is 7.92. The van der Waals surface area contributed by atoms with Crippen LogP contribution in [0.5, 0.6) is 0 Å². The molecule has 1 aliphatic rings. The van der Waals surface area contributed by atoms with Crippen LogP contribution < -0.4 is 5.32 Å². The summed E-state index contributed by atoms with van der Waals surface area (Å²) in [6.45, 7) is 0. The van der Waals surface area contributed by atoms with Crippen molar-refractivity contribution in [3.05, 3.63) is 6.33 Å². The smallest absolute Gasteiger partial charge is 0.321 e. The van der Waals surface area contributed by atoms with Crippen molar-refractivity contribution in [2.24, 2.45) is 0 Å².